The van der Waals surface area contributed by atoms with E-state index in [0.717, 1.165) is 43.5 Å². The van der Waals surface area contributed by atoms with Crippen molar-refractivity contribution < 1.29 is 14.3 Å². The van der Waals surface area contributed by atoms with Gasteiger partial charge in [0.15, 0.2) is 5.65 Å². The molecule has 5 rings (SSSR count). The predicted molar refractivity (Wildman–Crippen MR) is 137 cm³/mol. The van der Waals surface area contributed by atoms with Crippen molar-refractivity contribution in [3.05, 3.63) is 61.9 Å². The van der Waals surface area contributed by atoms with Gasteiger partial charge in [0.2, 0.25) is 0 Å². The number of hydrogen-bond acceptors (Lipinski definition) is 6. The van der Waals surface area contributed by atoms with Gasteiger partial charge in [-0.15, -0.1) is 0 Å². The molecule has 0 spiro atoms. The molecule has 36 heavy (non-hydrogen) atoms. The van der Waals surface area contributed by atoms with E-state index in [-0.39, 0.29) is 34.5 Å². The molecule has 1 saturated heterocycles. The van der Waals surface area contributed by atoms with Crippen molar-refractivity contribution in [3.63, 3.8) is 0 Å². The summed E-state index contributed by atoms with van der Waals surface area (Å²) in [5.74, 6) is 0.477. The average molecular weight is 493 g/mol. The Kier molecular flexibility index (Phi) is 6.66. The molecule has 0 radical (unpaired) electrons. The molecule has 2 N–H and O–H groups in total. The molecular weight excluding hydrogens is 460 g/mol. The van der Waals surface area contributed by atoms with Crippen LogP contribution in [0.2, 0.25) is 0 Å². The van der Waals surface area contributed by atoms with Crippen LogP contribution in [0.4, 0.5) is 5.69 Å². The minimum absolute atomic E-state index is 0.0375. The number of benzene rings is 1. The van der Waals surface area contributed by atoms with E-state index in [1.165, 1.54) is 4.57 Å². The van der Waals surface area contributed by atoms with E-state index in [1.54, 1.807) is 12.1 Å². The number of H-pyrrole nitrogens is 1. The predicted octanol–water partition coefficient (Wildman–Crippen LogP) is 3.74. The number of nitrogens with one attached hydrogen (secondary N) is 2. The van der Waals surface area contributed by atoms with E-state index >= 15 is 0 Å². The number of aromatic nitrogens is 3. The average Bonchev–Trinajstić information content (AvgIpc) is 3.56. The molecule has 190 valence electrons. The number of aromatic amines is 1. The first-order valence-corrected chi connectivity index (χ1v) is 12.6. The molecule has 3 heterocycles. The van der Waals surface area contributed by atoms with Crippen LogP contribution in [0.3, 0.4) is 0 Å². The largest absolute Gasteiger partial charge is 0.489 e. The van der Waals surface area contributed by atoms with Gasteiger partial charge in [-0.1, -0.05) is 19.9 Å². The molecule has 2 fully saturated rings. The zero-order valence-electron chi connectivity index (χ0n) is 20.9. The van der Waals surface area contributed by atoms with Crippen LogP contribution in [-0.2, 0) is 11.3 Å². The van der Waals surface area contributed by atoms with Crippen molar-refractivity contribution >= 4 is 22.6 Å². The van der Waals surface area contributed by atoms with Crippen LogP contribution in [0.25, 0.3) is 11.0 Å². The van der Waals surface area contributed by atoms with Gasteiger partial charge in [0.1, 0.15) is 12.4 Å². The molecule has 1 aliphatic carbocycles. The molecule has 1 saturated carbocycles. The molecular formula is C27H32N4O5. The highest BCUT2D eigenvalue weighted by atomic mass is 16.5. The number of hydrogen-bond donors (Lipinski definition) is 2. The summed E-state index contributed by atoms with van der Waals surface area (Å²) >= 11 is 0. The first-order valence-electron chi connectivity index (χ1n) is 12.6. The van der Waals surface area contributed by atoms with E-state index in [4.69, 9.17) is 9.47 Å². The van der Waals surface area contributed by atoms with E-state index in [2.05, 4.69) is 15.3 Å². The summed E-state index contributed by atoms with van der Waals surface area (Å²) in [4.78, 5) is 46.3. The van der Waals surface area contributed by atoms with Crippen LogP contribution < -0.4 is 21.3 Å². The Hall–Kier alpha value is -3.46. The normalized spacial score (nSPS) is 17.6. The van der Waals surface area contributed by atoms with Crippen LogP contribution in [0, 0.1) is 12.8 Å². The molecule has 9 nitrogen and oxygen atoms in total. The van der Waals surface area contributed by atoms with E-state index in [0.29, 0.717) is 24.6 Å². The summed E-state index contributed by atoms with van der Waals surface area (Å²) in [6.45, 7) is 7.44. The maximum atomic E-state index is 13.6. The molecule has 1 amide bonds. The van der Waals surface area contributed by atoms with Crippen LogP contribution in [0.1, 0.15) is 67.1 Å². The number of amides is 1. The zero-order valence-corrected chi connectivity index (χ0v) is 20.9. The van der Waals surface area contributed by atoms with Crippen molar-refractivity contribution in [2.45, 2.75) is 65.0 Å². The fourth-order valence-corrected chi connectivity index (χ4v) is 4.60. The van der Waals surface area contributed by atoms with Gasteiger partial charge in [0.05, 0.1) is 22.7 Å². The Bertz CT molecular complexity index is 1410. The van der Waals surface area contributed by atoms with Crippen molar-refractivity contribution in [1.29, 1.82) is 0 Å². The van der Waals surface area contributed by atoms with Gasteiger partial charge in [-0.25, -0.2) is 9.78 Å². The lowest BCUT2D eigenvalue weighted by Crippen LogP contribution is -2.33. The molecule has 2 aliphatic rings. The van der Waals surface area contributed by atoms with Gasteiger partial charge in [0, 0.05) is 24.8 Å². The van der Waals surface area contributed by atoms with E-state index in [1.807, 2.05) is 32.9 Å². The maximum absolute atomic E-state index is 13.6. The summed E-state index contributed by atoms with van der Waals surface area (Å²) < 4.78 is 13.2. The molecule has 1 aromatic carbocycles. The van der Waals surface area contributed by atoms with Gasteiger partial charge >= 0.3 is 5.69 Å². The minimum Gasteiger partial charge on any atom is -0.489 e. The Morgan fingerprint density at radius 2 is 2.06 bits per heavy atom. The monoisotopic (exact) mass is 492 g/mol. The summed E-state index contributed by atoms with van der Waals surface area (Å²) in [5.41, 5.74) is 1.56. The quantitative estimate of drug-likeness (QED) is 0.495. The highest BCUT2D eigenvalue weighted by Crippen LogP contribution is 2.40. The fourth-order valence-electron chi connectivity index (χ4n) is 4.60. The Labute approximate surface area is 208 Å². The smallest absolute Gasteiger partial charge is 0.330 e. The zero-order chi connectivity index (χ0) is 25.4. The summed E-state index contributed by atoms with van der Waals surface area (Å²) in [7, 11) is 0. The first-order chi connectivity index (χ1) is 17.3. The van der Waals surface area contributed by atoms with Gasteiger partial charge in [-0.05, 0) is 62.3 Å². The standard InChI is InChI=1S/C27H32N4O5/c1-15(2)13-31-24-23(26(33)30-27(31)34)19(12-21(28-24)17-7-8-17)25(32)29-20-9-6-16(3)11-22(20)36-14-18-5-4-10-35-18/h6,9,11-12,15,17-18H,4-5,7-8,10,13-14H2,1-3H3,(H,29,32)(H,30,33,34). The lowest BCUT2D eigenvalue weighted by Gasteiger charge is -2.17. The first kappa shape index (κ1) is 24.2. The Morgan fingerprint density at radius 1 is 1.25 bits per heavy atom. The summed E-state index contributed by atoms with van der Waals surface area (Å²) in [6, 6.07) is 7.25. The second kappa shape index (κ2) is 9.89. The number of ether oxygens (including phenoxy) is 2. The number of pyridine rings is 1. The van der Waals surface area contributed by atoms with Gasteiger partial charge in [-0.3, -0.25) is 19.1 Å². The second-order valence-electron chi connectivity index (χ2n) is 10.2. The Balaban J connectivity index is 1.54. The molecule has 1 aliphatic heterocycles. The van der Waals surface area contributed by atoms with Gasteiger partial charge in [-0.2, -0.15) is 0 Å². The number of nitrogens with zero attached hydrogens (tertiary/aromatic N) is 2. The third kappa shape index (κ3) is 5.06. The van der Waals surface area contributed by atoms with Crippen LogP contribution >= 0.6 is 0 Å². The number of aryl methyl sites for hydroxylation is 1. The lowest BCUT2D eigenvalue weighted by atomic mass is 10.1. The highest BCUT2D eigenvalue weighted by Gasteiger charge is 2.29. The van der Waals surface area contributed by atoms with Crippen molar-refractivity contribution in [1.82, 2.24) is 14.5 Å². The number of rotatable bonds is 8. The highest BCUT2D eigenvalue weighted by molar-refractivity contribution is 6.12. The van der Waals surface area contributed by atoms with Crippen LogP contribution in [-0.4, -0.2) is 39.8 Å². The minimum atomic E-state index is -0.617. The third-order valence-electron chi connectivity index (χ3n) is 6.59. The van der Waals surface area contributed by atoms with Gasteiger partial charge < -0.3 is 14.8 Å². The molecule has 2 aromatic heterocycles. The third-order valence-corrected chi connectivity index (χ3v) is 6.59. The molecule has 3 aromatic rings. The molecule has 9 heteroatoms. The van der Waals surface area contributed by atoms with Crippen LogP contribution in [0.15, 0.2) is 33.9 Å². The van der Waals surface area contributed by atoms with E-state index in [9.17, 15) is 14.4 Å². The lowest BCUT2D eigenvalue weighted by molar-refractivity contribution is 0.0681. The molecule has 1 unspecified atom stereocenters. The SMILES string of the molecule is Cc1ccc(NC(=O)c2cc(C3CC3)nc3c2c(=O)[nH]c(=O)n3CC(C)C)c(OCC2CCCO2)c1. The molecule has 1 atom stereocenters. The van der Waals surface area contributed by atoms with Crippen molar-refractivity contribution in [3.8, 4) is 5.75 Å². The molecule has 0 bridgehead atoms. The van der Waals surface area contributed by atoms with Gasteiger partial charge in [0.25, 0.3) is 11.5 Å². The van der Waals surface area contributed by atoms with Crippen molar-refractivity contribution in [2.24, 2.45) is 5.92 Å². The Morgan fingerprint density at radius 3 is 2.75 bits per heavy atom. The number of fused-ring (bicyclic) bond motifs is 1. The van der Waals surface area contributed by atoms with Crippen molar-refractivity contribution in [2.75, 3.05) is 18.5 Å². The number of carbonyl (C=O) groups is 1. The fraction of sp³-hybridized carbons (Fsp3) is 0.481. The summed E-state index contributed by atoms with van der Waals surface area (Å²) in [6.07, 6.45) is 3.93. The van der Waals surface area contributed by atoms with E-state index < -0.39 is 17.2 Å². The second-order valence-corrected chi connectivity index (χ2v) is 10.2. The summed E-state index contributed by atoms with van der Waals surface area (Å²) in [5, 5.41) is 3.05. The van der Waals surface area contributed by atoms with Crippen LogP contribution in [0.5, 0.6) is 5.75 Å². The number of anilines is 1. The number of carbonyl (C=O) groups excluding carboxylic acids is 1. The topological polar surface area (TPSA) is 115 Å². The maximum Gasteiger partial charge on any atom is 0.330 e.